The molecule has 1 aromatic carbocycles. The second-order valence-electron chi connectivity index (χ2n) is 4.63. The molecule has 0 atom stereocenters. The van der Waals surface area contributed by atoms with E-state index in [1.54, 1.807) is 28.6 Å². The Kier molecular flexibility index (Phi) is 6.48. The Morgan fingerprint density at radius 3 is 1.89 bits per heavy atom. The van der Waals surface area contributed by atoms with Crippen LogP contribution >= 0.6 is 0 Å². The maximum absolute atomic E-state index is 12.3. The second-order valence-corrected chi connectivity index (χ2v) is 6.60. The molecule has 1 rings (SSSR count). The average Bonchev–Trinajstić information content (AvgIpc) is 2.39. The molecule has 1 N–H and O–H groups in total. The van der Waals surface area contributed by atoms with E-state index in [-0.39, 0.29) is 12.4 Å². The predicted molar refractivity (Wildman–Crippen MR) is 77.1 cm³/mol. The molecule has 0 aromatic heterocycles. The molecule has 1 aromatic rings. The molecule has 19 heavy (non-hydrogen) atoms. The van der Waals surface area contributed by atoms with Crippen molar-refractivity contribution < 1.29 is 13.5 Å². The van der Waals surface area contributed by atoms with Crippen LogP contribution in [0.1, 0.15) is 37.8 Å². The topological polar surface area (TPSA) is 57.6 Å². The van der Waals surface area contributed by atoms with E-state index >= 15 is 0 Å². The molecule has 0 bridgehead atoms. The van der Waals surface area contributed by atoms with Crippen LogP contribution in [0.4, 0.5) is 0 Å². The van der Waals surface area contributed by atoms with Gasteiger partial charge in [0.05, 0.1) is 12.4 Å². The number of sulfonamides is 1. The normalized spacial score (nSPS) is 12.0. The van der Waals surface area contributed by atoms with Crippen molar-refractivity contribution in [2.45, 2.75) is 39.0 Å². The minimum atomic E-state index is -3.25. The lowest BCUT2D eigenvalue weighted by Crippen LogP contribution is -2.33. The Balaban J connectivity index is 2.81. The summed E-state index contributed by atoms with van der Waals surface area (Å²) >= 11 is 0. The van der Waals surface area contributed by atoms with Crippen molar-refractivity contribution in [2.24, 2.45) is 0 Å². The molecule has 0 unspecified atom stereocenters. The third kappa shape index (κ3) is 4.93. The highest BCUT2D eigenvalue weighted by Crippen LogP contribution is 2.13. The number of hydrogen-bond donors (Lipinski definition) is 1. The van der Waals surface area contributed by atoms with Gasteiger partial charge in [0.25, 0.3) is 0 Å². The van der Waals surface area contributed by atoms with Gasteiger partial charge in [-0.1, -0.05) is 38.1 Å². The van der Waals surface area contributed by atoms with Crippen LogP contribution < -0.4 is 0 Å². The summed E-state index contributed by atoms with van der Waals surface area (Å²) in [6, 6.07) is 7.04. The lowest BCUT2D eigenvalue weighted by atomic mass is 10.2. The van der Waals surface area contributed by atoms with E-state index in [4.69, 9.17) is 5.11 Å². The SMILES string of the molecule is CCCN(CCC)S(=O)(=O)Cc1ccc(CO)cc1. The summed E-state index contributed by atoms with van der Waals surface area (Å²) in [5, 5.41) is 8.96. The number of hydrogen-bond acceptors (Lipinski definition) is 3. The molecule has 0 radical (unpaired) electrons. The van der Waals surface area contributed by atoms with Crippen LogP contribution in [-0.4, -0.2) is 30.9 Å². The summed E-state index contributed by atoms with van der Waals surface area (Å²) in [6.45, 7) is 5.09. The first-order valence-electron chi connectivity index (χ1n) is 6.70. The standard InChI is InChI=1S/C14H23NO3S/c1-3-9-15(10-4-2)19(17,18)12-14-7-5-13(11-16)6-8-14/h5-8,16H,3-4,9-12H2,1-2H3. The highest BCUT2D eigenvalue weighted by Gasteiger charge is 2.20. The van der Waals surface area contributed by atoms with E-state index < -0.39 is 10.0 Å². The summed E-state index contributed by atoms with van der Waals surface area (Å²) < 4.78 is 26.2. The monoisotopic (exact) mass is 285 g/mol. The summed E-state index contributed by atoms with van der Waals surface area (Å²) in [7, 11) is -3.25. The molecule has 108 valence electrons. The third-order valence-corrected chi connectivity index (χ3v) is 4.74. The Labute approximate surface area is 116 Å². The molecule has 4 nitrogen and oxygen atoms in total. The Morgan fingerprint density at radius 1 is 1.00 bits per heavy atom. The summed E-state index contributed by atoms with van der Waals surface area (Å²) in [5.41, 5.74) is 1.55. The summed E-state index contributed by atoms with van der Waals surface area (Å²) in [5.74, 6) is 0.0265. The van der Waals surface area contributed by atoms with Crippen LogP contribution in [0.25, 0.3) is 0 Å². The first-order valence-corrected chi connectivity index (χ1v) is 8.31. The van der Waals surface area contributed by atoms with Crippen LogP contribution in [0.5, 0.6) is 0 Å². The molecule has 0 aliphatic heterocycles. The van der Waals surface area contributed by atoms with Crippen molar-refractivity contribution in [1.29, 1.82) is 0 Å². The Hall–Kier alpha value is -0.910. The maximum atomic E-state index is 12.3. The molecular formula is C14H23NO3S. The van der Waals surface area contributed by atoms with Crippen molar-refractivity contribution >= 4 is 10.0 Å². The number of benzene rings is 1. The number of aliphatic hydroxyl groups is 1. The summed E-state index contributed by atoms with van der Waals surface area (Å²) in [6.07, 6.45) is 1.64. The first kappa shape index (κ1) is 16.1. The Bertz CT molecular complexity index is 462. The molecule has 0 spiro atoms. The smallest absolute Gasteiger partial charge is 0.218 e. The first-order chi connectivity index (χ1) is 9.03. The van der Waals surface area contributed by atoms with Gasteiger partial charge >= 0.3 is 0 Å². The van der Waals surface area contributed by atoms with E-state index in [2.05, 4.69) is 0 Å². The van der Waals surface area contributed by atoms with Gasteiger partial charge in [-0.25, -0.2) is 12.7 Å². The van der Waals surface area contributed by atoms with Gasteiger partial charge < -0.3 is 5.11 Å². The van der Waals surface area contributed by atoms with E-state index in [1.807, 2.05) is 13.8 Å². The molecule has 0 aliphatic carbocycles. The van der Waals surface area contributed by atoms with Gasteiger partial charge in [0.1, 0.15) is 0 Å². The van der Waals surface area contributed by atoms with Crippen LogP contribution in [0.15, 0.2) is 24.3 Å². The van der Waals surface area contributed by atoms with Crippen molar-refractivity contribution in [3.05, 3.63) is 35.4 Å². The maximum Gasteiger partial charge on any atom is 0.218 e. The van der Waals surface area contributed by atoms with Crippen molar-refractivity contribution in [3.63, 3.8) is 0 Å². The zero-order chi connectivity index (χ0) is 14.3. The highest BCUT2D eigenvalue weighted by molar-refractivity contribution is 7.88. The molecule has 0 saturated carbocycles. The van der Waals surface area contributed by atoms with Gasteiger partial charge in [-0.2, -0.15) is 0 Å². The molecule has 0 amide bonds. The van der Waals surface area contributed by atoms with Crippen LogP contribution in [0.3, 0.4) is 0 Å². The number of nitrogens with zero attached hydrogens (tertiary/aromatic N) is 1. The van der Waals surface area contributed by atoms with E-state index in [1.165, 1.54) is 0 Å². The molecule has 0 fully saturated rings. The van der Waals surface area contributed by atoms with Crippen LogP contribution in [-0.2, 0) is 22.4 Å². The molecule has 0 saturated heterocycles. The third-order valence-electron chi connectivity index (χ3n) is 2.89. The minimum Gasteiger partial charge on any atom is -0.392 e. The van der Waals surface area contributed by atoms with Crippen LogP contribution in [0, 0.1) is 0 Å². The predicted octanol–water partition coefficient (Wildman–Crippen LogP) is 2.13. The quantitative estimate of drug-likeness (QED) is 0.796. The zero-order valence-electron chi connectivity index (χ0n) is 11.7. The van der Waals surface area contributed by atoms with Gasteiger partial charge in [-0.05, 0) is 24.0 Å². The van der Waals surface area contributed by atoms with E-state index in [0.717, 1.165) is 24.0 Å². The fourth-order valence-electron chi connectivity index (χ4n) is 1.93. The highest BCUT2D eigenvalue weighted by atomic mass is 32.2. The average molecular weight is 285 g/mol. The van der Waals surface area contributed by atoms with Gasteiger partial charge in [-0.15, -0.1) is 0 Å². The van der Waals surface area contributed by atoms with Gasteiger partial charge in [0.15, 0.2) is 0 Å². The van der Waals surface area contributed by atoms with Gasteiger partial charge in [-0.3, -0.25) is 0 Å². The van der Waals surface area contributed by atoms with Crippen molar-refractivity contribution in [2.75, 3.05) is 13.1 Å². The summed E-state index contributed by atoms with van der Waals surface area (Å²) in [4.78, 5) is 0. The largest absolute Gasteiger partial charge is 0.392 e. The lowest BCUT2D eigenvalue weighted by molar-refractivity contribution is 0.282. The molecule has 0 aliphatic rings. The zero-order valence-corrected chi connectivity index (χ0v) is 12.5. The van der Waals surface area contributed by atoms with Gasteiger partial charge in [0.2, 0.25) is 10.0 Å². The van der Waals surface area contributed by atoms with Crippen molar-refractivity contribution in [3.8, 4) is 0 Å². The lowest BCUT2D eigenvalue weighted by Gasteiger charge is -2.21. The fourth-order valence-corrected chi connectivity index (χ4v) is 3.65. The Morgan fingerprint density at radius 2 is 1.47 bits per heavy atom. The molecular weight excluding hydrogens is 262 g/mol. The van der Waals surface area contributed by atoms with E-state index in [9.17, 15) is 8.42 Å². The van der Waals surface area contributed by atoms with Crippen molar-refractivity contribution in [1.82, 2.24) is 4.31 Å². The van der Waals surface area contributed by atoms with Crippen LogP contribution in [0.2, 0.25) is 0 Å². The second kappa shape index (κ2) is 7.62. The molecule has 5 heteroatoms. The minimum absolute atomic E-state index is 0.0230. The van der Waals surface area contributed by atoms with Gasteiger partial charge in [0, 0.05) is 13.1 Å². The molecule has 0 heterocycles. The number of rotatable bonds is 8. The van der Waals surface area contributed by atoms with E-state index in [0.29, 0.717) is 13.1 Å². The number of aliphatic hydroxyl groups excluding tert-OH is 1. The fraction of sp³-hybridized carbons (Fsp3) is 0.571.